The highest BCUT2D eigenvalue weighted by Gasteiger charge is 2.11. The van der Waals surface area contributed by atoms with Crippen LogP contribution in [0.2, 0.25) is 0 Å². The second-order valence-corrected chi connectivity index (χ2v) is 4.51. The third-order valence-corrected chi connectivity index (χ3v) is 3.09. The third kappa shape index (κ3) is 2.29. The second-order valence-electron chi connectivity index (χ2n) is 4.51. The zero-order valence-corrected chi connectivity index (χ0v) is 11.3. The van der Waals surface area contributed by atoms with Crippen LogP contribution >= 0.6 is 0 Å². The van der Waals surface area contributed by atoms with E-state index in [1.54, 1.807) is 0 Å². The predicted octanol–water partition coefficient (Wildman–Crippen LogP) is 2.30. The van der Waals surface area contributed by atoms with Crippen LogP contribution in [0.3, 0.4) is 0 Å². The number of aryl methyl sites for hydroxylation is 3. The average molecular weight is 244 g/mol. The molecule has 0 aliphatic carbocycles. The van der Waals surface area contributed by atoms with E-state index in [2.05, 4.69) is 27.5 Å². The van der Waals surface area contributed by atoms with Crippen molar-refractivity contribution in [1.82, 2.24) is 14.5 Å². The van der Waals surface area contributed by atoms with Gasteiger partial charge in [-0.1, -0.05) is 6.92 Å². The summed E-state index contributed by atoms with van der Waals surface area (Å²) in [6, 6.07) is 2.08. The first-order valence-corrected chi connectivity index (χ1v) is 6.37. The van der Waals surface area contributed by atoms with Gasteiger partial charge in [-0.2, -0.15) is 0 Å². The number of imidazole rings is 1. The molecule has 2 rings (SSSR count). The molecule has 0 amide bonds. The van der Waals surface area contributed by atoms with E-state index in [0.717, 1.165) is 41.3 Å². The first-order chi connectivity index (χ1) is 8.67. The monoisotopic (exact) mass is 244 g/mol. The maximum atomic E-state index is 5.86. The summed E-state index contributed by atoms with van der Waals surface area (Å²) in [6.45, 7) is 6.67. The van der Waals surface area contributed by atoms with Gasteiger partial charge in [0.1, 0.15) is 5.82 Å². The molecule has 2 heterocycles. The lowest BCUT2D eigenvalue weighted by Crippen LogP contribution is -2.10. The Kier molecular flexibility index (Phi) is 3.77. The van der Waals surface area contributed by atoms with Gasteiger partial charge in [-0.25, -0.2) is 4.98 Å². The van der Waals surface area contributed by atoms with E-state index in [1.165, 1.54) is 0 Å². The maximum Gasteiger partial charge on any atom is 0.113 e. The molecule has 2 aromatic heterocycles. The van der Waals surface area contributed by atoms with Gasteiger partial charge >= 0.3 is 0 Å². The quantitative estimate of drug-likeness (QED) is 0.897. The van der Waals surface area contributed by atoms with Crippen molar-refractivity contribution >= 4 is 0 Å². The summed E-state index contributed by atoms with van der Waals surface area (Å²) in [5.41, 5.74) is 10.1. The molecule has 0 unspecified atom stereocenters. The Labute approximate surface area is 108 Å². The summed E-state index contributed by atoms with van der Waals surface area (Å²) in [5, 5.41) is 0. The molecular weight excluding hydrogens is 224 g/mol. The molecule has 0 aliphatic rings. The minimum Gasteiger partial charge on any atom is -0.326 e. The van der Waals surface area contributed by atoms with Crippen LogP contribution in [0, 0.1) is 13.8 Å². The summed E-state index contributed by atoms with van der Waals surface area (Å²) in [6.07, 6.45) is 5.89. The van der Waals surface area contributed by atoms with Crippen molar-refractivity contribution in [1.29, 1.82) is 0 Å². The lowest BCUT2D eigenvalue weighted by atomic mass is 10.1. The summed E-state index contributed by atoms with van der Waals surface area (Å²) < 4.78 is 2.13. The smallest absolute Gasteiger partial charge is 0.113 e. The van der Waals surface area contributed by atoms with Gasteiger partial charge in [-0.15, -0.1) is 0 Å². The maximum absolute atomic E-state index is 5.86. The number of nitrogens with two attached hydrogens (primary N) is 1. The topological polar surface area (TPSA) is 56.7 Å². The van der Waals surface area contributed by atoms with Crippen molar-refractivity contribution in [3.8, 4) is 5.69 Å². The van der Waals surface area contributed by atoms with E-state index in [9.17, 15) is 0 Å². The molecule has 0 atom stereocenters. The van der Waals surface area contributed by atoms with Gasteiger partial charge < -0.3 is 10.3 Å². The Hall–Kier alpha value is -1.68. The van der Waals surface area contributed by atoms with Crippen LogP contribution < -0.4 is 5.73 Å². The van der Waals surface area contributed by atoms with Gasteiger partial charge in [-0.05, 0) is 26.3 Å². The highest BCUT2D eigenvalue weighted by Crippen LogP contribution is 2.20. The molecule has 0 fully saturated rings. The first kappa shape index (κ1) is 12.8. The van der Waals surface area contributed by atoms with Gasteiger partial charge in [0.2, 0.25) is 0 Å². The molecule has 0 saturated carbocycles. The molecular formula is C14H20N4. The van der Waals surface area contributed by atoms with Crippen LogP contribution in [0.1, 0.15) is 36.1 Å². The van der Waals surface area contributed by atoms with Crippen molar-refractivity contribution in [2.75, 3.05) is 0 Å². The molecule has 0 spiro atoms. The fourth-order valence-electron chi connectivity index (χ4n) is 2.26. The van der Waals surface area contributed by atoms with Crippen molar-refractivity contribution in [3.05, 3.63) is 41.2 Å². The third-order valence-electron chi connectivity index (χ3n) is 3.09. The lowest BCUT2D eigenvalue weighted by molar-refractivity contribution is 0.798. The molecule has 0 radical (unpaired) electrons. The first-order valence-electron chi connectivity index (χ1n) is 6.37. The summed E-state index contributed by atoms with van der Waals surface area (Å²) >= 11 is 0. The average Bonchev–Trinajstić information content (AvgIpc) is 2.76. The highest BCUT2D eigenvalue weighted by molar-refractivity contribution is 5.45. The zero-order valence-electron chi connectivity index (χ0n) is 11.3. The van der Waals surface area contributed by atoms with Gasteiger partial charge in [-0.3, -0.25) is 4.98 Å². The lowest BCUT2D eigenvalue weighted by Gasteiger charge is -2.14. The fraction of sp³-hybridized carbons (Fsp3) is 0.429. The van der Waals surface area contributed by atoms with E-state index in [0.29, 0.717) is 6.54 Å². The molecule has 2 N–H and O–H groups in total. The Bertz CT molecular complexity index is 543. The Morgan fingerprint density at radius 1 is 1.33 bits per heavy atom. The van der Waals surface area contributed by atoms with Crippen molar-refractivity contribution in [2.24, 2.45) is 5.73 Å². The van der Waals surface area contributed by atoms with E-state index in [-0.39, 0.29) is 0 Å². The van der Waals surface area contributed by atoms with Gasteiger partial charge in [0.25, 0.3) is 0 Å². The summed E-state index contributed by atoms with van der Waals surface area (Å²) in [5.74, 6) is 1.08. The Morgan fingerprint density at radius 3 is 2.78 bits per heavy atom. The van der Waals surface area contributed by atoms with Crippen LogP contribution in [-0.2, 0) is 13.0 Å². The van der Waals surface area contributed by atoms with Crippen molar-refractivity contribution in [2.45, 2.75) is 40.2 Å². The fourth-order valence-corrected chi connectivity index (χ4v) is 2.26. The largest absolute Gasteiger partial charge is 0.326 e. The van der Waals surface area contributed by atoms with Gasteiger partial charge in [0.15, 0.2) is 0 Å². The SMILES string of the molecule is CCCc1nccn1-c1cc(C)nc(C)c1CN. The molecule has 18 heavy (non-hydrogen) atoms. The number of hydrogen-bond acceptors (Lipinski definition) is 3. The van der Waals surface area contributed by atoms with Crippen LogP contribution in [-0.4, -0.2) is 14.5 Å². The molecule has 2 aromatic rings. The number of aromatic nitrogens is 3. The van der Waals surface area contributed by atoms with Crippen molar-refractivity contribution < 1.29 is 0 Å². The van der Waals surface area contributed by atoms with Crippen LogP contribution in [0.5, 0.6) is 0 Å². The normalized spacial score (nSPS) is 10.9. The highest BCUT2D eigenvalue weighted by atomic mass is 15.1. The summed E-state index contributed by atoms with van der Waals surface area (Å²) in [4.78, 5) is 8.90. The Morgan fingerprint density at radius 2 is 2.11 bits per heavy atom. The van der Waals surface area contributed by atoms with Crippen LogP contribution in [0.15, 0.2) is 18.5 Å². The minimum absolute atomic E-state index is 0.498. The molecule has 4 heteroatoms. The second kappa shape index (κ2) is 5.31. The van der Waals surface area contributed by atoms with Crippen molar-refractivity contribution in [3.63, 3.8) is 0 Å². The molecule has 0 aromatic carbocycles. The van der Waals surface area contributed by atoms with E-state index >= 15 is 0 Å². The number of hydrogen-bond donors (Lipinski definition) is 1. The number of pyridine rings is 1. The predicted molar refractivity (Wildman–Crippen MR) is 72.7 cm³/mol. The van der Waals surface area contributed by atoms with E-state index in [4.69, 9.17) is 5.73 Å². The summed E-state index contributed by atoms with van der Waals surface area (Å²) in [7, 11) is 0. The van der Waals surface area contributed by atoms with E-state index < -0.39 is 0 Å². The number of rotatable bonds is 4. The molecule has 0 bridgehead atoms. The molecule has 0 saturated heterocycles. The Balaban J connectivity index is 2.58. The van der Waals surface area contributed by atoms with Crippen LogP contribution in [0.25, 0.3) is 5.69 Å². The zero-order chi connectivity index (χ0) is 13.1. The van der Waals surface area contributed by atoms with E-state index in [1.807, 2.05) is 26.2 Å². The molecule has 4 nitrogen and oxygen atoms in total. The molecule has 96 valence electrons. The van der Waals surface area contributed by atoms with Gasteiger partial charge in [0, 0.05) is 42.3 Å². The molecule has 0 aliphatic heterocycles. The van der Waals surface area contributed by atoms with Gasteiger partial charge in [0.05, 0.1) is 5.69 Å². The minimum atomic E-state index is 0.498. The standard InChI is InChI=1S/C14H20N4/c1-4-5-14-16-6-7-18(14)13-8-10(2)17-11(3)12(13)9-15/h6-8H,4-5,9,15H2,1-3H3. The van der Waals surface area contributed by atoms with Crippen LogP contribution in [0.4, 0.5) is 0 Å². The number of nitrogens with zero attached hydrogens (tertiary/aromatic N) is 3.